The molecular formula is C26H26F3N3O2. The summed E-state index contributed by atoms with van der Waals surface area (Å²) in [5.74, 6) is -0.508. The van der Waals surface area contributed by atoms with Gasteiger partial charge in [0.05, 0.1) is 11.6 Å². The Morgan fingerprint density at radius 3 is 2.56 bits per heavy atom. The summed E-state index contributed by atoms with van der Waals surface area (Å²) in [5, 5.41) is 2.62. The van der Waals surface area contributed by atoms with Gasteiger partial charge in [0.2, 0.25) is 11.8 Å². The second-order valence-corrected chi connectivity index (χ2v) is 8.51. The largest absolute Gasteiger partial charge is 0.416 e. The summed E-state index contributed by atoms with van der Waals surface area (Å²) >= 11 is 0. The van der Waals surface area contributed by atoms with E-state index in [0.29, 0.717) is 18.7 Å². The van der Waals surface area contributed by atoms with Crippen molar-refractivity contribution in [2.45, 2.75) is 45.1 Å². The Balaban J connectivity index is 1.39. The highest BCUT2D eigenvalue weighted by atomic mass is 19.4. The van der Waals surface area contributed by atoms with Crippen LogP contribution in [0.1, 0.15) is 46.8 Å². The topological polar surface area (TPSA) is 54.3 Å². The lowest BCUT2D eigenvalue weighted by molar-refractivity contribution is -0.137. The van der Waals surface area contributed by atoms with Crippen LogP contribution in [0.4, 0.5) is 13.2 Å². The molecule has 0 fully saturated rings. The number of aromatic nitrogens is 1. The summed E-state index contributed by atoms with van der Waals surface area (Å²) in [4.78, 5) is 27.3. The third-order valence-corrected chi connectivity index (χ3v) is 6.03. The van der Waals surface area contributed by atoms with Gasteiger partial charge in [0, 0.05) is 44.4 Å². The van der Waals surface area contributed by atoms with Crippen LogP contribution < -0.4 is 5.32 Å². The summed E-state index contributed by atoms with van der Waals surface area (Å²) in [5.41, 5.74) is 2.74. The molecule has 0 bridgehead atoms. The average Bonchev–Trinajstić information content (AvgIpc) is 3.29. The van der Waals surface area contributed by atoms with E-state index in [1.54, 1.807) is 0 Å². The number of carbonyl (C=O) groups excluding carboxylic acids is 2. The van der Waals surface area contributed by atoms with Gasteiger partial charge in [-0.3, -0.25) is 9.59 Å². The minimum atomic E-state index is -4.44. The Labute approximate surface area is 196 Å². The molecule has 0 aliphatic carbocycles. The van der Waals surface area contributed by atoms with Crippen LogP contribution in [0, 0.1) is 6.92 Å². The number of alkyl halides is 3. The number of halogens is 3. The van der Waals surface area contributed by atoms with Gasteiger partial charge < -0.3 is 14.8 Å². The molecule has 4 rings (SSSR count). The maximum Gasteiger partial charge on any atom is 0.416 e. The summed E-state index contributed by atoms with van der Waals surface area (Å²) < 4.78 is 40.7. The van der Waals surface area contributed by atoms with Gasteiger partial charge >= 0.3 is 6.18 Å². The third-order valence-electron chi connectivity index (χ3n) is 6.03. The van der Waals surface area contributed by atoms with Crippen molar-refractivity contribution < 1.29 is 22.8 Å². The lowest BCUT2D eigenvalue weighted by Gasteiger charge is -2.37. The van der Waals surface area contributed by atoms with Crippen LogP contribution in [0.3, 0.4) is 0 Å². The van der Waals surface area contributed by atoms with Crippen molar-refractivity contribution in [1.29, 1.82) is 0 Å². The molecule has 178 valence electrons. The summed E-state index contributed by atoms with van der Waals surface area (Å²) in [6.07, 6.45) is -2.44. The minimum absolute atomic E-state index is 0.0252. The number of carbonyl (C=O) groups is 2. The van der Waals surface area contributed by atoms with Crippen molar-refractivity contribution in [3.8, 4) is 0 Å². The van der Waals surface area contributed by atoms with E-state index < -0.39 is 11.7 Å². The molecular weight excluding hydrogens is 443 g/mol. The quantitative estimate of drug-likeness (QED) is 0.562. The number of amides is 2. The number of hydrogen-bond acceptors (Lipinski definition) is 2. The van der Waals surface area contributed by atoms with Gasteiger partial charge in [-0.1, -0.05) is 42.0 Å². The van der Waals surface area contributed by atoms with Crippen LogP contribution in [0.5, 0.6) is 0 Å². The monoisotopic (exact) mass is 469 g/mol. The van der Waals surface area contributed by atoms with Crippen molar-refractivity contribution in [3.05, 3.63) is 94.8 Å². The molecule has 2 amide bonds. The van der Waals surface area contributed by atoms with E-state index in [1.165, 1.54) is 12.1 Å². The predicted molar refractivity (Wildman–Crippen MR) is 122 cm³/mol. The highest BCUT2D eigenvalue weighted by Crippen LogP contribution is 2.33. The fourth-order valence-corrected chi connectivity index (χ4v) is 4.35. The molecule has 1 aromatic heterocycles. The fraction of sp³-hybridized carbons (Fsp3) is 0.308. The van der Waals surface area contributed by atoms with Gasteiger partial charge in [-0.25, -0.2) is 0 Å². The van der Waals surface area contributed by atoms with Gasteiger partial charge in [-0.2, -0.15) is 13.2 Å². The van der Waals surface area contributed by atoms with Crippen LogP contribution in [0.2, 0.25) is 0 Å². The van der Waals surface area contributed by atoms with Crippen molar-refractivity contribution in [2.24, 2.45) is 0 Å². The SMILES string of the molecule is Cc1cccc([C@H]2c3cccn3CCN2C(=O)CCC(=O)NCc2cccc(C(F)(F)F)c2)c1. The Kier molecular flexibility index (Phi) is 6.77. The van der Waals surface area contributed by atoms with Crippen molar-refractivity contribution in [3.63, 3.8) is 0 Å². The molecule has 3 aromatic rings. The predicted octanol–water partition coefficient (Wildman–Crippen LogP) is 4.84. The second-order valence-electron chi connectivity index (χ2n) is 8.51. The van der Waals surface area contributed by atoms with Crippen LogP contribution in [-0.2, 0) is 28.9 Å². The van der Waals surface area contributed by atoms with E-state index in [9.17, 15) is 22.8 Å². The van der Waals surface area contributed by atoms with Crippen molar-refractivity contribution >= 4 is 11.8 Å². The maximum atomic E-state index is 13.1. The summed E-state index contributed by atoms with van der Waals surface area (Å²) in [7, 11) is 0. The van der Waals surface area contributed by atoms with E-state index in [0.717, 1.165) is 29.0 Å². The van der Waals surface area contributed by atoms with Crippen LogP contribution in [0.15, 0.2) is 66.9 Å². The number of benzene rings is 2. The third kappa shape index (κ3) is 5.32. The summed E-state index contributed by atoms with van der Waals surface area (Å²) in [6.45, 7) is 3.19. The second kappa shape index (κ2) is 9.75. The number of nitrogens with one attached hydrogen (secondary N) is 1. The molecule has 5 nitrogen and oxygen atoms in total. The van der Waals surface area contributed by atoms with Gasteiger partial charge in [0.1, 0.15) is 0 Å². The van der Waals surface area contributed by atoms with Crippen molar-refractivity contribution in [2.75, 3.05) is 6.54 Å². The molecule has 1 aliphatic rings. The molecule has 2 heterocycles. The first kappa shape index (κ1) is 23.6. The van der Waals surface area contributed by atoms with E-state index >= 15 is 0 Å². The minimum Gasteiger partial charge on any atom is -0.352 e. The lowest BCUT2D eigenvalue weighted by Crippen LogP contribution is -2.42. The molecule has 0 unspecified atom stereocenters. The Morgan fingerprint density at radius 2 is 1.79 bits per heavy atom. The molecule has 34 heavy (non-hydrogen) atoms. The summed E-state index contributed by atoms with van der Waals surface area (Å²) in [6, 6.07) is 16.6. The molecule has 2 aromatic carbocycles. The molecule has 8 heteroatoms. The maximum absolute atomic E-state index is 13.1. The van der Waals surface area contributed by atoms with Crippen LogP contribution in [-0.4, -0.2) is 27.8 Å². The molecule has 1 N–H and O–H groups in total. The first-order valence-electron chi connectivity index (χ1n) is 11.2. The van der Waals surface area contributed by atoms with Crippen molar-refractivity contribution in [1.82, 2.24) is 14.8 Å². The number of aryl methyl sites for hydroxylation is 1. The zero-order valence-corrected chi connectivity index (χ0v) is 18.8. The van der Waals surface area contributed by atoms with Gasteiger partial charge in [-0.05, 0) is 42.3 Å². The standard InChI is InChI=1S/C26H26F3N3O2/c1-18-5-2-7-20(15-18)25-22-9-4-12-31(22)13-14-32(25)24(34)11-10-23(33)30-17-19-6-3-8-21(16-19)26(27,28)29/h2-9,12,15-16,25H,10-11,13-14,17H2,1H3,(H,30,33)/t25-/m0/s1. The number of fused-ring (bicyclic) bond motifs is 1. The van der Waals surface area contributed by atoms with Gasteiger partial charge in [-0.15, -0.1) is 0 Å². The van der Waals surface area contributed by atoms with Gasteiger partial charge in [0.15, 0.2) is 0 Å². The first-order valence-corrected chi connectivity index (χ1v) is 11.2. The molecule has 1 atom stereocenters. The van der Waals surface area contributed by atoms with E-state index in [4.69, 9.17) is 0 Å². The molecule has 0 saturated carbocycles. The Hall–Kier alpha value is -3.55. The molecule has 0 saturated heterocycles. The smallest absolute Gasteiger partial charge is 0.352 e. The Morgan fingerprint density at radius 1 is 1.00 bits per heavy atom. The average molecular weight is 470 g/mol. The highest BCUT2D eigenvalue weighted by molar-refractivity contribution is 5.84. The number of nitrogens with zero attached hydrogens (tertiary/aromatic N) is 2. The molecule has 0 spiro atoms. The number of hydrogen-bond donors (Lipinski definition) is 1. The normalized spacial score (nSPS) is 15.6. The highest BCUT2D eigenvalue weighted by Gasteiger charge is 2.32. The molecule has 0 radical (unpaired) electrons. The Bertz CT molecular complexity index is 1190. The lowest BCUT2D eigenvalue weighted by atomic mass is 9.98. The van der Waals surface area contributed by atoms with E-state index in [2.05, 4.69) is 16.0 Å². The number of rotatable bonds is 6. The van der Waals surface area contributed by atoms with Gasteiger partial charge in [0.25, 0.3) is 0 Å². The zero-order chi connectivity index (χ0) is 24.3. The first-order chi connectivity index (χ1) is 16.2. The van der Waals surface area contributed by atoms with Crippen LogP contribution in [0.25, 0.3) is 0 Å². The van der Waals surface area contributed by atoms with Crippen LogP contribution >= 0.6 is 0 Å². The molecule has 1 aliphatic heterocycles. The zero-order valence-electron chi connectivity index (χ0n) is 18.8. The van der Waals surface area contributed by atoms with E-state index in [-0.39, 0.29) is 37.2 Å². The van der Waals surface area contributed by atoms with E-state index in [1.807, 2.05) is 48.4 Å². The fourth-order valence-electron chi connectivity index (χ4n) is 4.35.